The lowest BCUT2D eigenvalue weighted by atomic mass is 10.3. The monoisotopic (exact) mass is 245 g/mol. The standard InChI is InChI=1S/C13H11NO4/c1-17-9-4-6-10(7-5-9)18-11-3-2-8-14-12(11)13(15)16/h2-8H,1H3,(H,15,16). The van der Waals surface area contributed by atoms with E-state index in [-0.39, 0.29) is 11.4 Å². The smallest absolute Gasteiger partial charge is 0.358 e. The van der Waals surface area contributed by atoms with Gasteiger partial charge in [0.1, 0.15) is 11.5 Å². The number of benzene rings is 1. The van der Waals surface area contributed by atoms with Crippen LogP contribution >= 0.6 is 0 Å². The van der Waals surface area contributed by atoms with Crippen molar-refractivity contribution in [1.29, 1.82) is 0 Å². The first-order chi connectivity index (χ1) is 8.70. The Morgan fingerprint density at radius 3 is 2.44 bits per heavy atom. The van der Waals surface area contributed by atoms with E-state index < -0.39 is 5.97 Å². The highest BCUT2D eigenvalue weighted by Gasteiger charge is 2.12. The first-order valence-corrected chi connectivity index (χ1v) is 5.21. The van der Waals surface area contributed by atoms with Crippen molar-refractivity contribution in [2.75, 3.05) is 7.11 Å². The first-order valence-electron chi connectivity index (χ1n) is 5.21. The Kier molecular flexibility index (Phi) is 3.43. The van der Waals surface area contributed by atoms with Crippen LogP contribution in [0.5, 0.6) is 17.2 Å². The van der Waals surface area contributed by atoms with Gasteiger partial charge in [0.15, 0.2) is 11.4 Å². The van der Waals surface area contributed by atoms with Crippen molar-refractivity contribution in [3.05, 3.63) is 48.3 Å². The van der Waals surface area contributed by atoms with E-state index in [1.807, 2.05) is 0 Å². The van der Waals surface area contributed by atoms with Gasteiger partial charge in [-0.3, -0.25) is 0 Å². The Bertz CT molecular complexity index is 551. The van der Waals surface area contributed by atoms with Gasteiger partial charge in [0.25, 0.3) is 0 Å². The molecule has 0 radical (unpaired) electrons. The molecule has 18 heavy (non-hydrogen) atoms. The zero-order valence-corrected chi connectivity index (χ0v) is 9.66. The summed E-state index contributed by atoms with van der Waals surface area (Å²) in [6.07, 6.45) is 1.41. The minimum Gasteiger partial charge on any atom is -0.497 e. The number of rotatable bonds is 4. The number of hydrogen-bond donors (Lipinski definition) is 1. The summed E-state index contributed by atoms with van der Waals surface area (Å²) in [5, 5.41) is 8.96. The van der Waals surface area contributed by atoms with Gasteiger partial charge < -0.3 is 14.6 Å². The van der Waals surface area contributed by atoms with Gasteiger partial charge >= 0.3 is 5.97 Å². The zero-order valence-electron chi connectivity index (χ0n) is 9.66. The third-order valence-corrected chi connectivity index (χ3v) is 2.26. The molecule has 1 N–H and O–H groups in total. The number of pyridine rings is 1. The van der Waals surface area contributed by atoms with Crippen LogP contribution < -0.4 is 9.47 Å². The molecule has 0 unspecified atom stereocenters. The topological polar surface area (TPSA) is 68.7 Å². The highest BCUT2D eigenvalue weighted by Crippen LogP contribution is 2.25. The fourth-order valence-corrected chi connectivity index (χ4v) is 1.40. The summed E-state index contributed by atoms with van der Waals surface area (Å²) in [6, 6.07) is 10.0. The molecular weight excluding hydrogens is 234 g/mol. The molecular formula is C13H11NO4. The number of aromatic carboxylic acids is 1. The van der Waals surface area contributed by atoms with Crippen LogP contribution in [0.25, 0.3) is 0 Å². The number of nitrogens with zero attached hydrogens (tertiary/aromatic N) is 1. The van der Waals surface area contributed by atoms with Gasteiger partial charge in [0.05, 0.1) is 7.11 Å². The van der Waals surface area contributed by atoms with E-state index >= 15 is 0 Å². The van der Waals surface area contributed by atoms with Gasteiger partial charge in [-0.2, -0.15) is 0 Å². The van der Waals surface area contributed by atoms with Gasteiger partial charge in [-0.05, 0) is 36.4 Å². The molecule has 0 bridgehead atoms. The van der Waals surface area contributed by atoms with Crippen molar-refractivity contribution in [3.8, 4) is 17.2 Å². The van der Waals surface area contributed by atoms with Crippen molar-refractivity contribution >= 4 is 5.97 Å². The molecule has 0 atom stereocenters. The Morgan fingerprint density at radius 2 is 1.83 bits per heavy atom. The van der Waals surface area contributed by atoms with Crippen LogP contribution in [-0.2, 0) is 0 Å². The van der Waals surface area contributed by atoms with Crippen molar-refractivity contribution in [2.45, 2.75) is 0 Å². The van der Waals surface area contributed by atoms with Crippen LogP contribution in [-0.4, -0.2) is 23.2 Å². The number of hydrogen-bond acceptors (Lipinski definition) is 4. The van der Waals surface area contributed by atoms with E-state index in [0.717, 1.165) is 0 Å². The van der Waals surface area contributed by atoms with Crippen LogP contribution in [0.4, 0.5) is 0 Å². The Morgan fingerprint density at radius 1 is 1.17 bits per heavy atom. The van der Waals surface area contributed by atoms with Gasteiger partial charge in [0, 0.05) is 6.20 Å². The average molecular weight is 245 g/mol. The lowest BCUT2D eigenvalue weighted by molar-refractivity contribution is 0.0687. The van der Waals surface area contributed by atoms with Crippen molar-refractivity contribution < 1.29 is 19.4 Å². The van der Waals surface area contributed by atoms with Gasteiger partial charge in [-0.25, -0.2) is 9.78 Å². The minimum atomic E-state index is -1.13. The molecule has 5 nitrogen and oxygen atoms in total. The van der Waals surface area contributed by atoms with Gasteiger partial charge in [0.2, 0.25) is 0 Å². The SMILES string of the molecule is COc1ccc(Oc2cccnc2C(=O)O)cc1. The summed E-state index contributed by atoms with van der Waals surface area (Å²) in [5.74, 6) is 0.299. The van der Waals surface area contributed by atoms with E-state index in [1.54, 1.807) is 43.5 Å². The summed E-state index contributed by atoms with van der Waals surface area (Å²) in [5.41, 5.74) is -0.117. The van der Waals surface area contributed by atoms with Gasteiger partial charge in [-0.15, -0.1) is 0 Å². The van der Waals surface area contributed by atoms with E-state index in [4.69, 9.17) is 14.6 Å². The number of aromatic nitrogens is 1. The third-order valence-electron chi connectivity index (χ3n) is 2.26. The quantitative estimate of drug-likeness (QED) is 0.896. The maximum Gasteiger partial charge on any atom is 0.358 e. The second-order valence-corrected chi connectivity index (χ2v) is 3.43. The van der Waals surface area contributed by atoms with Crippen LogP contribution in [0.1, 0.15) is 10.5 Å². The van der Waals surface area contributed by atoms with E-state index in [9.17, 15) is 4.79 Å². The summed E-state index contributed by atoms with van der Waals surface area (Å²) >= 11 is 0. The molecule has 0 aliphatic rings. The molecule has 1 aromatic carbocycles. The van der Waals surface area contributed by atoms with E-state index in [2.05, 4.69) is 4.98 Å². The minimum absolute atomic E-state index is 0.117. The largest absolute Gasteiger partial charge is 0.497 e. The van der Waals surface area contributed by atoms with Crippen molar-refractivity contribution in [2.24, 2.45) is 0 Å². The molecule has 1 heterocycles. The molecule has 0 amide bonds. The molecule has 0 aliphatic carbocycles. The van der Waals surface area contributed by atoms with E-state index in [1.165, 1.54) is 6.20 Å². The molecule has 0 saturated carbocycles. The number of methoxy groups -OCH3 is 1. The average Bonchev–Trinajstić information content (AvgIpc) is 2.40. The Hall–Kier alpha value is -2.56. The number of ether oxygens (including phenoxy) is 2. The molecule has 0 spiro atoms. The molecule has 0 saturated heterocycles. The summed E-state index contributed by atoms with van der Waals surface area (Å²) in [7, 11) is 1.57. The Balaban J connectivity index is 2.25. The van der Waals surface area contributed by atoms with Crippen LogP contribution in [0.2, 0.25) is 0 Å². The number of carboxylic acid groups (broad SMARTS) is 1. The maximum absolute atomic E-state index is 10.9. The molecule has 0 fully saturated rings. The lowest BCUT2D eigenvalue weighted by Gasteiger charge is -2.08. The normalized spacial score (nSPS) is 9.83. The lowest BCUT2D eigenvalue weighted by Crippen LogP contribution is -2.02. The molecule has 2 rings (SSSR count). The highest BCUT2D eigenvalue weighted by atomic mass is 16.5. The number of carbonyl (C=O) groups is 1. The van der Waals surface area contributed by atoms with Crippen molar-refractivity contribution in [1.82, 2.24) is 4.98 Å². The van der Waals surface area contributed by atoms with Crippen LogP contribution in [0.15, 0.2) is 42.6 Å². The Labute approximate surface area is 104 Å². The summed E-state index contributed by atoms with van der Waals surface area (Å²) < 4.78 is 10.5. The summed E-state index contributed by atoms with van der Waals surface area (Å²) in [4.78, 5) is 14.7. The predicted octanol–water partition coefficient (Wildman–Crippen LogP) is 2.58. The maximum atomic E-state index is 10.9. The van der Waals surface area contributed by atoms with Gasteiger partial charge in [-0.1, -0.05) is 0 Å². The van der Waals surface area contributed by atoms with E-state index in [0.29, 0.717) is 11.5 Å². The fraction of sp³-hybridized carbons (Fsp3) is 0.0769. The zero-order chi connectivity index (χ0) is 13.0. The first kappa shape index (κ1) is 11.9. The predicted molar refractivity (Wildman–Crippen MR) is 64.3 cm³/mol. The molecule has 1 aromatic heterocycles. The van der Waals surface area contributed by atoms with Crippen LogP contribution in [0.3, 0.4) is 0 Å². The molecule has 92 valence electrons. The molecule has 5 heteroatoms. The second-order valence-electron chi connectivity index (χ2n) is 3.43. The second kappa shape index (κ2) is 5.18. The summed E-state index contributed by atoms with van der Waals surface area (Å²) in [6.45, 7) is 0. The van der Waals surface area contributed by atoms with Crippen molar-refractivity contribution in [3.63, 3.8) is 0 Å². The molecule has 0 aliphatic heterocycles. The van der Waals surface area contributed by atoms with Crippen LogP contribution in [0, 0.1) is 0 Å². The number of carboxylic acids is 1. The molecule has 2 aromatic rings. The highest BCUT2D eigenvalue weighted by molar-refractivity contribution is 5.88. The third kappa shape index (κ3) is 2.57. The fourth-order valence-electron chi connectivity index (χ4n) is 1.40.